The third kappa shape index (κ3) is 1.51. The molecule has 0 atom stereocenters. The van der Waals surface area contributed by atoms with Crippen LogP contribution in [-0.2, 0) is 0 Å². The Balaban J connectivity index is 3.13. The second-order valence-electron chi connectivity index (χ2n) is 2.40. The number of nitrogen functional groups attached to an aromatic ring is 1. The Morgan fingerprint density at radius 3 is 2.75 bits per heavy atom. The first-order valence-corrected chi connectivity index (χ1v) is 3.37. The highest BCUT2D eigenvalue weighted by atomic mass is 16.6. The second-order valence-corrected chi connectivity index (χ2v) is 2.40. The van der Waals surface area contributed by atoms with Crippen LogP contribution in [0.2, 0.25) is 0 Å². The van der Waals surface area contributed by atoms with E-state index in [2.05, 4.69) is 5.43 Å². The van der Waals surface area contributed by atoms with E-state index in [0.717, 1.165) is 5.56 Å². The number of anilines is 1. The number of non-ortho nitro benzene ring substituents is 1. The van der Waals surface area contributed by atoms with Crippen molar-refractivity contribution in [2.24, 2.45) is 5.84 Å². The molecule has 0 aromatic heterocycles. The average Bonchev–Trinajstić information content (AvgIpc) is 2.05. The molecule has 0 aliphatic heterocycles. The number of hydrogen-bond donors (Lipinski definition) is 2. The number of aryl methyl sites for hydroxylation is 1. The molecular weight excluding hydrogens is 158 g/mol. The van der Waals surface area contributed by atoms with E-state index < -0.39 is 4.92 Å². The first kappa shape index (κ1) is 8.48. The summed E-state index contributed by atoms with van der Waals surface area (Å²) in [5.41, 5.74) is 3.87. The van der Waals surface area contributed by atoms with Gasteiger partial charge in [-0.15, -0.1) is 0 Å². The molecule has 0 bridgehead atoms. The Hall–Kier alpha value is -1.62. The Bertz CT molecular complexity index is 312. The lowest BCUT2D eigenvalue weighted by Gasteiger charge is -2.02. The summed E-state index contributed by atoms with van der Waals surface area (Å²) in [5.74, 6) is 5.15. The zero-order valence-corrected chi connectivity index (χ0v) is 6.57. The molecule has 0 heterocycles. The number of hydrogen-bond acceptors (Lipinski definition) is 4. The highest BCUT2D eigenvalue weighted by molar-refractivity contribution is 5.55. The number of rotatable bonds is 2. The minimum atomic E-state index is -0.458. The van der Waals surface area contributed by atoms with Crippen molar-refractivity contribution in [3.63, 3.8) is 0 Å². The highest BCUT2D eigenvalue weighted by Gasteiger charge is 2.06. The maximum atomic E-state index is 10.3. The van der Waals surface area contributed by atoms with Crippen LogP contribution in [0.25, 0.3) is 0 Å². The van der Waals surface area contributed by atoms with Crippen LogP contribution in [0.1, 0.15) is 5.56 Å². The van der Waals surface area contributed by atoms with E-state index in [0.29, 0.717) is 5.69 Å². The summed E-state index contributed by atoms with van der Waals surface area (Å²) >= 11 is 0. The fourth-order valence-corrected chi connectivity index (χ4v) is 0.879. The van der Waals surface area contributed by atoms with Gasteiger partial charge in [0.15, 0.2) is 0 Å². The van der Waals surface area contributed by atoms with Crippen molar-refractivity contribution in [1.82, 2.24) is 0 Å². The maximum absolute atomic E-state index is 10.3. The van der Waals surface area contributed by atoms with E-state index in [9.17, 15) is 10.1 Å². The third-order valence-corrected chi connectivity index (χ3v) is 1.59. The van der Waals surface area contributed by atoms with Gasteiger partial charge in [-0.05, 0) is 12.5 Å². The van der Waals surface area contributed by atoms with Crippen molar-refractivity contribution < 1.29 is 4.92 Å². The van der Waals surface area contributed by atoms with Crippen molar-refractivity contribution in [3.8, 4) is 0 Å². The second kappa shape index (κ2) is 3.19. The van der Waals surface area contributed by atoms with Crippen molar-refractivity contribution >= 4 is 11.4 Å². The maximum Gasteiger partial charge on any atom is 0.271 e. The number of nitro benzene ring substituents is 1. The first-order valence-electron chi connectivity index (χ1n) is 3.37. The molecule has 1 aromatic rings. The lowest BCUT2D eigenvalue weighted by atomic mass is 10.2. The van der Waals surface area contributed by atoms with Crippen LogP contribution in [-0.4, -0.2) is 4.92 Å². The Morgan fingerprint density at radius 1 is 1.58 bits per heavy atom. The van der Waals surface area contributed by atoms with E-state index >= 15 is 0 Å². The normalized spacial score (nSPS) is 9.50. The minimum absolute atomic E-state index is 0.0357. The topological polar surface area (TPSA) is 81.2 Å². The predicted molar refractivity (Wildman–Crippen MR) is 45.6 cm³/mol. The van der Waals surface area contributed by atoms with Gasteiger partial charge in [0.05, 0.1) is 10.6 Å². The monoisotopic (exact) mass is 167 g/mol. The molecule has 0 unspecified atom stereocenters. The fraction of sp³-hybridized carbons (Fsp3) is 0.143. The van der Waals surface area contributed by atoms with Crippen molar-refractivity contribution in [3.05, 3.63) is 33.9 Å². The Morgan fingerprint density at radius 2 is 2.25 bits per heavy atom. The molecule has 0 radical (unpaired) electrons. The molecule has 1 rings (SSSR count). The van der Waals surface area contributed by atoms with Crippen LogP contribution >= 0.6 is 0 Å². The van der Waals surface area contributed by atoms with Gasteiger partial charge < -0.3 is 5.43 Å². The summed E-state index contributed by atoms with van der Waals surface area (Å²) in [6.07, 6.45) is 0. The van der Waals surface area contributed by atoms with Gasteiger partial charge in [-0.1, -0.05) is 6.07 Å². The van der Waals surface area contributed by atoms with Crippen molar-refractivity contribution in [1.29, 1.82) is 0 Å². The molecule has 0 aliphatic carbocycles. The molecule has 5 nitrogen and oxygen atoms in total. The molecule has 0 aliphatic rings. The SMILES string of the molecule is Cc1ccc([N+](=O)[O-])cc1NN. The van der Waals surface area contributed by atoms with Gasteiger partial charge in [-0.2, -0.15) is 0 Å². The zero-order chi connectivity index (χ0) is 9.14. The molecule has 0 amide bonds. The van der Waals surface area contributed by atoms with Crippen molar-refractivity contribution in [2.45, 2.75) is 6.92 Å². The number of benzene rings is 1. The molecule has 1 aromatic carbocycles. The number of nitrogens with two attached hydrogens (primary N) is 1. The number of nitrogens with zero attached hydrogens (tertiary/aromatic N) is 1. The van der Waals surface area contributed by atoms with E-state index in [1.54, 1.807) is 6.07 Å². The molecule has 0 fully saturated rings. The zero-order valence-electron chi connectivity index (χ0n) is 6.57. The summed E-state index contributed by atoms with van der Waals surface area (Å²) in [6, 6.07) is 4.48. The lowest BCUT2D eigenvalue weighted by molar-refractivity contribution is -0.384. The van der Waals surface area contributed by atoms with Crippen LogP contribution < -0.4 is 11.3 Å². The molecule has 12 heavy (non-hydrogen) atoms. The van der Waals surface area contributed by atoms with Crippen LogP contribution in [0.15, 0.2) is 18.2 Å². The summed E-state index contributed by atoms with van der Waals surface area (Å²) < 4.78 is 0. The van der Waals surface area contributed by atoms with Crippen molar-refractivity contribution in [2.75, 3.05) is 5.43 Å². The van der Waals surface area contributed by atoms with Gasteiger partial charge in [-0.3, -0.25) is 16.0 Å². The molecule has 3 N–H and O–H groups in total. The fourth-order valence-electron chi connectivity index (χ4n) is 0.879. The van der Waals surface area contributed by atoms with Crippen LogP contribution in [0.5, 0.6) is 0 Å². The van der Waals surface area contributed by atoms with Crippen LogP contribution in [0, 0.1) is 17.0 Å². The highest BCUT2D eigenvalue weighted by Crippen LogP contribution is 2.20. The first-order chi connectivity index (χ1) is 5.65. The largest absolute Gasteiger partial charge is 0.324 e. The Kier molecular flexibility index (Phi) is 2.25. The van der Waals surface area contributed by atoms with Gasteiger partial charge in [0, 0.05) is 12.1 Å². The molecule has 0 saturated heterocycles. The molecule has 0 spiro atoms. The van der Waals surface area contributed by atoms with Crippen LogP contribution in [0.3, 0.4) is 0 Å². The molecule has 64 valence electrons. The van der Waals surface area contributed by atoms with E-state index in [-0.39, 0.29) is 5.69 Å². The smallest absolute Gasteiger partial charge is 0.271 e. The van der Waals surface area contributed by atoms with Gasteiger partial charge >= 0.3 is 0 Å². The average molecular weight is 167 g/mol. The van der Waals surface area contributed by atoms with Gasteiger partial charge in [0.25, 0.3) is 5.69 Å². The number of nitro groups is 1. The molecular formula is C7H9N3O2. The summed E-state index contributed by atoms with van der Waals surface area (Å²) in [5, 5.41) is 10.3. The standard InChI is InChI=1S/C7H9N3O2/c1-5-2-3-6(10(11)12)4-7(5)9-8/h2-4,9H,8H2,1H3. The van der Waals surface area contributed by atoms with Crippen LogP contribution in [0.4, 0.5) is 11.4 Å². The quantitative estimate of drug-likeness (QED) is 0.394. The molecule has 0 saturated carbocycles. The summed E-state index contributed by atoms with van der Waals surface area (Å²) in [7, 11) is 0. The van der Waals surface area contributed by atoms with Gasteiger partial charge in [0.2, 0.25) is 0 Å². The van der Waals surface area contributed by atoms with E-state index in [1.165, 1.54) is 12.1 Å². The number of hydrazine groups is 1. The Labute approximate surface area is 69.3 Å². The lowest BCUT2D eigenvalue weighted by Crippen LogP contribution is -2.08. The minimum Gasteiger partial charge on any atom is -0.324 e. The summed E-state index contributed by atoms with van der Waals surface area (Å²) in [6.45, 7) is 1.82. The summed E-state index contributed by atoms with van der Waals surface area (Å²) in [4.78, 5) is 9.86. The van der Waals surface area contributed by atoms with E-state index in [1.807, 2.05) is 6.92 Å². The van der Waals surface area contributed by atoms with Gasteiger partial charge in [0.1, 0.15) is 0 Å². The van der Waals surface area contributed by atoms with Gasteiger partial charge in [-0.25, -0.2) is 0 Å². The van der Waals surface area contributed by atoms with E-state index in [4.69, 9.17) is 5.84 Å². The number of nitrogens with one attached hydrogen (secondary N) is 1. The third-order valence-electron chi connectivity index (χ3n) is 1.59. The predicted octanol–water partition coefficient (Wildman–Crippen LogP) is 1.19. The molecule has 5 heteroatoms.